The van der Waals surface area contributed by atoms with Crippen LogP contribution >= 0.6 is 0 Å². The molecule has 6 nitrogen and oxygen atoms in total. The first-order valence-electron chi connectivity index (χ1n) is 2.97. The molecule has 0 spiro atoms. The zero-order valence-electron chi connectivity index (χ0n) is 6.20. The Bertz CT molecular complexity index is 280. The monoisotopic (exact) mass is 156 g/mol. The Balaban J connectivity index is 3.10. The van der Waals surface area contributed by atoms with Gasteiger partial charge in [-0.1, -0.05) is 0 Å². The van der Waals surface area contributed by atoms with Crippen LogP contribution in [0.15, 0.2) is 0 Å². The van der Waals surface area contributed by atoms with Crippen molar-refractivity contribution in [3.8, 4) is 0 Å². The highest BCUT2D eigenvalue weighted by Crippen LogP contribution is 2.02. The molecular weight excluding hydrogens is 148 g/mol. The van der Waals surface area contributed by atoms with E-state index >= 15 is 0 Å². The van der Waals surface area contributed by atoms with Gasteiger partial charge in [0.25, 0.3) is 0 Å². The van der Waals surface area contributed by atoms with Gasteiger partial charge in [-0.25, -0.2) is 4.79 Å². The summed E-state index contributed by atoms with van der Waals surface area (Å²) in [5, 5.41) is 18.2. The molecule has 0 radical (unpaired) electrons. The van der Waals surface area contributed by atoms with Crippen LogP contribution in [0.1, 0.15) is 10.6 Å². The third-order valence-electron chi connectivity index (χ3n) is 1.29. The Morgan fingerprint density at radius 1 is 1.64 bits per heavy atom. The second-order valence-electron chi connectivity index (χ2n) is 1.96. The zero-order chi connectivity index (χ0) is 8.43. The van der Waals surface area contributed by atoms with Gasteiger partial charge in [-0.2, -0.15) is 0 Å². The molecule has 0 aliphatic heterocycles. The van der Waals surface area contributed by atoms with Gasteiger partial charge in [0, 0.05) is 14.1 Å². The summed E-state index contributed by atoms with van der Waals surface area (Å²) in [5.41, 5.74) is 0. The summed E-state index contributed by atoms with van der Waals surface area (Å²) in [6.07, 6.45) is 0. The van der Waals surface area contributed by atoms with Crippen LogP contribution in [0.3, 0.4) is 0 Å². The fraction of sp³-hybridized carbons (Fsp3) is 0.400. The number of carboxylic acids is 1. The van der Waals surface area contributed by atoms with Crippen LogP contribution in [-0.4, -0.2) is 32.9 Å². The van der Waals surface area contributed by atoms with E-state index in [4.69, 9.17) is 5.11 Å². The topological polar surface area (TPSA) is 80.0 Å². The number of aromatic carboxylic acids is 1. The second-order valence-corrected chi connectivity index (χ2v) is 1.96. The van der Waals surface area contributed by atoms with Gasteiger partial charge in [-0.15, -0.1) is 10.2 Å². The Morgan fingerprint density at radius 2 is 2.27 bits per heavy atom. The van der Waals surface area contributed by atoms with E-state index in [-0.39, 0.29) is 5.82 Å². The maximum atomic E-state index is 10.4. The molecule has 0 bridgehead atoms. The van der Waals surface area contributed by atoms with Crippen molar-refractivity contribution in [2.24, 2.45) is 7.05 Å². The van der Waals surface area contributed by atoms with Crippen molar-refractivity contribution in [3.63, 3.8) is 0 Å². The summed E-state index contributed by atoms with van der Waals surface area (Å²) in [6.45, 7) is 0. The molecule has 0 saturated carbocycles. The molecule has 6 heteroatoms. The Morgan fingerprint density at radius 3 is 2.55 bits per heavy atom. The molecule has 1 aromatic heterocycles. The first-order chi connectivity index (χ1) is 5.16. The minimum absolute atomic E-state index is 0.0747. The SMILES string of the molecule is CNc1nnc(C(=O)O)n1C. The molecule has 60 valence electrons. The van der Waals surface area contributed by atoms with Gasteiger partial charge in [0.15, 0.2) is 0 Å². The number of hydrogen-bond donors (Lipinski definition) is 2. The van der Waals surface area contributed by atoms with E-state index in [0.29, 0.717) is 5.95 Å². The molecule has 0 fully saturated rings. The molecule has 0 amide bonds. The molecule has 0 aliphatic rings. The van der Waals surface area contributed by atoms with Crippen molar-refractivity contribution in [3.05, 3.63) is 5.82 Å². The molecule has 1 aromatic rings. The molecule has 0 aliphatic carbocycles. The summed E-state index contributed by atoms with van der Waals surface area (Å²) in [6, 6.07) is 0. The highest BCUT2D eigenvalue weighted by atomic mass is 16.4. The number of nitrogens with one attached hydrogen (secondary N) is 1. The molecule has 0 atom stereocenters. The first-order valence-corrected chi connectivity index (χ1v) is 2.97. The van der Waals surface area contributed by atoms with E-state index in [2.05, 4.69) is 15.5 Å². The van der Waals surface area contributed by atoms with Crippen LogP contribution in [0.5, 0.6) is 0 Å². The van der Waals surface area contributed by atoms with Crippen LogP contribution in [-0.2, 0) is 7.05 Å². The molecule has 1 heterocycles. The smallest absolute Gasteiger partial charge is 0.374 e. The van der Waals surface area contributed by atoms with Gasteiger partial charge >= 0.3 is 5.97 Å². The number of hydrogen-bond acceptors (Lipinski definition) is 4. The van der Waals surface area contributed by atoms with Crippen LogP contribution in [0.4, 0.5) is 5.95 Å². The van der Waals surface area contributed by atoms with E-state index in [1.54, 1.807) is 14.1 Å². The lowest BCUT2D eigenvalue weighted by atomic mass is 10.6. The number of aromatic nitrogens is 3. The molecule has 1 rings (SSSR count). The van der Waals surface area contributed by atoms with Gasteiger partial charge in [0.2, 0.25) is 11.8 Å². The quantitative estimate of drug-likeness (QED) is 0.606. The molecule has 0 unspecified atom stereocenters. The van der Waals surface area contributed by atoms with Gasteiger partial charge in [0.05, 0.1) is 0 Å². The maximum absolute atomic E-state index is 10.4. The normalized spacial score (nSPS) is 9.64. The first kappa shape index (κ1) is 7.52. The van der Waals surface area contributed by atoms with E-state index in [0.717, 1.165) is 0 Å². The Hall–Kier alpha value is -1.59. The van der Waals surface area contributed by atoms with Crippen molar-refractivity contribution in [2.45, 2.75) is 0 Å². The summed E-state index contributed by atoms with van der Waals surface area (Å²) in [7, 11) is 3.23. The number of nitrogens with zero attached hydrogens (tertiary/aromatic N) is 3. The predicted octanol–water partition coefficient (Wildman–Crippen LogP) is -0.445. The van der Waals surface area contributed by atoms with Crippen molar-refractivity contribution < 1.29 is 9.90 Å². The number of rotatable bonds is 2. The fourth-order valence-electron chi connectivity index (χ4n) is 0.733. The van der Waals surface area contributed by atoms with Gasteiger partial charge in [-0.05, 0) is 0 Å². The average Bonchev–Trinajstić information content (AvgIpc) is 2.30. The second kappa shape index (κ2) is 2.57. The average molecular weight is 156 g/mol. The van der Waals surface area contributed by atoms with Crippen LogP contribution in [0.2, 0.25) is 0 Å². The zero-order valence-corrected chi connectivity index (χ0v) is 6.20. The molecular formula is C5H8N4O2. The Labute approximate surface area is 62.9 Å². The highest BCUT2D eigenvalue weighted by molar-refractivity contribution is 5.83. The maximum Gasteiger partial charge on any atom is 0.374 e. The standard InChI is InChI=1S/C5H8N4O2/c1-6-5-8-7-3(4(10)11)9(5)2/h1-2H3,(H,6,8)(H,10,11). The summed E-state index contributed by atoms with van der Waals surface area (Å²) < 4.78 is 1.36. The summed E-state index contributed by atoms with van der Waals surface area (Å²) in [5.74, 6) is -0.724. The number of anilines is 1. The van der Waals surface area contributed by atoms with Crippen molar-refractivity contribution in [1.29, 1.82) is 0 Å². The largest absolute Gasteiger partial charge is 0.475 e. The van der Waals surface area contributed by atoms with Gasteiger partial charge < -0.3 is 10.4 Å². The minimum atomic E-state index is -1.08. The fourth-order valence-corrected chi connectivity index (χ4v) is 0.733. The third kappa shape index (κ3) is 1.14. The third-order valence-corrected chi connectivity index (χ3v) is 1.29. The number of carboxylic acid groups (broad SMARTS) is 1. The predicted molar refractivity (Wildman–Crippen MR) is 37.5 cm³/mol. The lowest BCUT2D eigenvalue weighted by molar-refractivity contribution is 0.0679. The number of carbonyl (C=O) groups is 1. The molecule has 2 N–H and O–H groups in total. The van der Waals surface area contributed by atoms with E-state index < -0.39 is 5.97 Å². The summed E-state index contributed by atoms with van der Waals surface area (Å²) in [4.78, 5) is 10.4. The van der Waals surface area contributed by atoms with Crippen LogP contribution in [0, 0.1) is 0 Å². The molecule has 0 aromatic carbocycles. The van der Waals surface area contributed by atoms with E-state index in [9.17, 15) is 4.79 Å². The van der Waals surface area contributed by atoms with E-state index in [1.165, 1.54) is 4.57 Å². The Kier molecular flexibility index (Phi) is 1.75. The van der Waals surface area contributed by atoms with Crippen LogP contribution < -0.4 is 5.32 Å². The van der Waals surface area contributed by atoms with Crippen LogP contribution in [0.25, 0.3) is 0 Å². The van der Waals surface area contributed by atoms with Crippen molar-refractivity contribution in [2.75, 3.05) is 12.4 Å². The van der Waals surface area contributed by atoms with Gasteiger partial charge in [0.1, 0.15) is 0 Å². The van der Waals surface area contributed by atoms with E-state index in [1.807, 2.05) is 0 Å². The molecule has 0 saturated heterocycles. The molecule has 11 heavy (non-hydrogen) atoms. The van der Waals surface area contributed by atoms with Crippen molar-refractivity contribution >= 4 is 11.9 Å². The highest BCUT2D eigenvalue weighted by Gasteiger charge is 2.12. The lowest BCUT2D eigenvalue weighted by Crippen LogP contribution is -2.07. The minimum Gasteiger partial charge on any atom is -0.475 e. The lowest BCUT2D eigenvalue weighted by Gasteiger charge is -1.97. The van der Waals surface area contributed by atoms with Crippen molar-refractivity contribution in [1.82, 2.24) is 14.8 Å². The summed E-state index contributed by atoms with van der Waals surface area (Å²) >= 11 is 0. The van der Waals surface area contributed by atoms with Gasteiger partial charge in [-0.3, -0.25) is 4.57 Å².